The molecule has 0 unspecified atom stereocenters. The lowest BCUT2D eigenvalue weighted by Gasteiger charge is -2.28. The van der Waals surface area contributed by atoms with E-state index in [0.717, 1.165) is 64.2 Å². The number of phosphoric ester groups is 1. The summed E-state index contributed by atoms with van der Waals surface area (Å²) in [6, 6.07) is 1.75. The topological polar surface area (TPSA) is 136 Å². The highest BCUT2D eigenvalue weighted by Crippen LogP contribution is 2.54. The van der Waals surface area contributed by atoms with Gasteiger partial charge in [0.05, 0.1) is 12.2 Å². The van der Waals surface area contributed by atoms with Crippen molar-refractivity contribution >= 4 is 21.7 Å². The molecule has 2 aliphatic rings. The summed E-state index contributed by atoms with van der Waals surface area (Å²) in [5, 5.41) is 5.98. The normalized spacial score (nSPS) is 20.6. The fourth-order valence-corrected chi connectivity index (χ4v) is 4.48. The van der Waals surface area contributed by atoms with Gasteiger partial charge in [-0.15, -0.1) is 0 Å². The molecule has 0 aromatic rings. The molecule has 144 valence electrons. The molecule has 2 saturated carbocycles. The largest absolute Gasteiger partial charge is 0.551 e. The Morgan fingerprint density at radius 3 is 1.64 bits per heavy atom. The van der Waals surface area contributed by atoms with Crippen molar-refractivity contribution < 1.29 is 37.2 Å². The van der Waals surface area contributed by atoms with E-state index in [0.29, 0.717) is 0 Å². The second-order valence-corrected chi connectivity index (χ2v) is 8.74. The van der Waals surface area contributed by atoms with Crippen LogP contribution in [-0.4, -0.2) is 28.0 Å². The van der Waals surface area contributed by atoms with Crippen molar-refractivity contribution in [1.29, 1.82) is 0 Å². The second-order valence-electron chi connectivity index (χ2n) is 6.11. The zero-order valence-corrected chi connectivity index (χ0v) is 15.6. The molecule has 0 aliphatic heterocycles. The van der Waals surface area contributed by atoms with Gasteiger partial charge >= 0.3 is 15.6 Å². The van der Waals surface area contributed by atoms with Crippen molar-refractivity contribution in [3.63, 3.8) is 0 Å². The Bertz CT molecular complexity index is 538. The zero-order valence-electron chi connectivity index (χ0n) is 13.9. The first-order valence-corrected chi connectivity index (χ1v) is 11.4. The molecule has 2 fully saturated rings. The highest BCUT2D eigenvalue weighted by Gasteiger charge is 2.37. The minimum Gasteiger partial charge on any atom is -0.292 e. The molecule has 0 amide bonds. The van der Waals surface area contributed by atoms with E-state index in [4.69, 9.17) is 23.5 Å². The van der Waals surface area contributed by atoms with E-state index in [1.165, 1.54) is 0 Å². The molecule has 12 heteroatoms. The number of nitrogens with zero attached hydrogens (tertiary/aromatic N) is 2. The van der Waals surface area contributed by atoms with E-state index in [9.17, 15) is 9.13 Å². The van der Waals surface area contributed by atoms with Crippen LogP contribution >= 0.6 is 15.6 Å². The average Bonchev–Trinajstić information content (AvgIpc) is 2.55. The first-order chi connectivity index (χ1) is 11.9. The summed E-state index contributed by atoms with van der Waals surface area (Å²) in [4.78, 5) is 17.0. The molecule has 2 aliphatic carbocycles. The van der Waals surface area contributed by atoms with Gasteiger partial charge in [-0.1, -0.05) is 38.5 Å². The predicted molar refractivity (Wildman–Crippen MR) is 87.6 cm³/mol. The van der Waals surface area contributed by atoms with Crippen LogP contribution < -0.4 is 0 Å². The number of phosphoric acid groups is 2. The van der Waals surface area contributed by atoms with Crippen LogP contribution in [0.25, 0.3) is 0 Å². The van der Waals surface area contributed by atoms with Crippen LogP contribution in [0.3, 0.4) is 0 Å². The van der Waals surface area contributed by atoms with Crippen molar-refractivity contribution in [3.05, 3.63) is 0 Å². The van der Waals surface area contributed by atoms with Gasteiger partial charge in [0.1, 0.15) is 0 Å². The van der Waals surface area contributed by atoms with Crippen molar-refractivity contribution in [3.8, 4) is 0 Å². The Kier molecular flexibility index (Phi) is 8.10. The van der Waals surface area contributed by atoms with Gasteiger partial charge in [0, 0.05) is 0 Å². The summed E-state index contributed by atoms with van der Waals surface area (Å²) in [5.74, 6) is 0. The zero-order chi connectivity index (χ0) is 18.2. The minimum absolute atomic E-state index is 0.235. The number of hydrogen-bond acceptors (Lipinski definition) is 8. The minimum atomic E-state index is -4.78. The molecule has 10 nitrogen and oxygen atoms in total. The van der Waals surface area contributed by atoms with Crippen LogP contribution in [0.15, 0.2) is 10.3 Å². The summed E-state index contributed by atoms with van der Waals surface area (Å²) >= 11 is 0. The first kappa shape index (κ1) is 20.6. The third-order valence-electron chi connectivity index (χ3n) is 4.03. The molecule has 0 heterocycles. The lowest BCUT2D eigenvalue weighted by Crippen LogP contribution is -2.20. The van der Waals surface area contributed by atoms with Gasteiger partial charge in [-0.2, -0.15) is 0 Å². The van der Waals surface area contributed by atoms with Gasteiger partial charge in [-0.05, 0) is 36.0 Å². The van der Waals surface area contributed by atoms with Crippen LogP contribution in [0.1, 0.15) is 64.2 Å². The molecule has 0 spiro atoms. The SMILES string of the molecule is O=P(O)(O)ON=C=NOP(=O)(OC1CCCCC1)OC1CCCCC1. The maximum absolute atomic E-state index is 12.9. The highest BCUT2D eigenvalue weighted by molar-refractivity contribution is 7.48. The summed E-state index contributed by atoms with van der Waals surface area (Å²) in [5.41, 5.74) is 0. The molecule has 0 atom stereocenters. The van der Waals surface area contributed by atoms with E-state index in [1.807, 2.05) is 0 Å². The van der Waals surface area contributed by atoms with Crippen molar-refractivity contribution in [2.45, 2.75) is 76.4 Å². The van der Waals surface area contributed by atoms with Crippen LogP contribution in [0.2, 0.25) is 0 Å². The smallest absolute Gasteiger partial charge is 0.292 e. The van der Waals surface area contributed by atoms with E-state index in [1.54, 1.807) is 6.01 Å². The Morgan fingerprint density at radius 2 is 1.20 bits per heavy atom. The summed E-state index contributed by atoms with van der Waals surface area (Å²) < 4.78 is 43.1. The van der Waals surface area contributed by atoms with Gasteiger partial charge in [-0.25, -0.2) is 9.13 Å². The standard InChI is InChI=1S/C13H24N2O8P2/c16-24(17,18)22-14-11-15-23-25(19,20-12-7-3-1-4-8-12)21-13-9-5-2-6-10-13/h12-13H,1-10H2,(H2,16,17,18). The van der Waals surface area contributed by atoms with Crippen molar-refractivity contribution in [1.82, 2.24) is 0 Å². The Hall–Kier alpha value is -0.720. The van der Waals surface area contributed by atoms with Crippen LogP contribution in [-0.2, 0) is 27.4 Å². The fourth-order valence-electron chi connectivity index (χ4n) is 2.93. The Balaban J connectivity index is 1.97. The maximum Gasteiger partial charge on any atom is 0.551 e. The molecular weight excluding hydrogens is 374 g/mol. The highest BCUT2D eigenvalue weighted by atomic mass is 31.2. The second kappa shape index (κ2) is 9.83. The van der Waals surface area contributed by atoms with E-state index < -0.39 is 15.6 Å². The average molecular weight is 398 g/mol. The fraction of sp³-hybridized carbons (Fsp3) is 0.923. The van der Waals surface area contributed by atoms with Crippen molar-refractivity contribution in [2.24, 2.45) is 10.3 Å². The monoisotopic (exact) mass is 398 g/mol. The van der Waals surface area contributed by atoms with Crippen LogP contribution in [0.5, 0.6) is 0 Å². The number of rotatable bonds is 8. The van der Waals surface area contributed by atoms with Crippen molar-refractivity contribution in [2.75, 3.05) is 0 Å². The van der Waals surface area contributed by atoms with E-state index in [2.05, 4.69) is 14.9 Å². The Morgan fingerprint density at radius 1 is 0.760 bits per heavy atom. The molecular formula is C13H24N2O8P2. The van der Waals surface area contributed by atoms with Crippen LogP contribution in [0.4, 0.5) is 0 Å². The summed E-state index contributed by atoms with van der Waals surface area (Å²) in [7, 11) is -8.76. The number of hydrogen-bond donors (Lipinski definition) is 2. The first-order valence-electron chi connectivity index (χ1n) is 8.41. The molecule has 25 heavy (non-hydrogen) atoms. The van der Waals surface area contributed by atoms with Gasteiger partial charge in [0.15, 0.2) is 6.01 Å². The van der Waals surface area contributed by atoms with E-state index >= 15 is 0 Å². The molecule has 2 N–H and O–H groups in total. The third-order valence-corrected chi connectivity index (χ3v) is 5.72. The quantitative estimate of drug-likeness (QED) is 0.357. The summed E-state index contributed by atoms with van der Waals surface area (Å²) in [6.45, 7) is 0. The molecule has 0 saturated heterocycles. The molecule has 0 bridgehead atoms. The van der Waals surface area contributed by atoms with Gasteiger partial charge < -0.3 is 0 Å². The predicted octanol–water partition coefficient (Wildman–Crippen LogP) is 3.92. The lowest BCUT2D eigenvalue weighted by molar-refractivity contribution is 0.0314. The molecule has 2 rings (SSSR count). The van der Waals surface area contributed by atoms with Crippen LogP contribution in [0, 0.1) is 0 Å². The van der Waals surface area contributed by atoms with Gasteiger partial charge in [0.2, 0.25) is 0 Å². The van der Waals surface area contributed by atoms with Gasteiger partial charge in [-0.3, -0.25) is 28.1 Å². The maximum atomic E-state index is 12.9. The van der Waals surface area contributed by atoms with E-state index in [-0.39, 0.29) is 12.2 Å². The molecule has 0 aromatic heterocycles. The summed E-state index contributed by atoms with van der Waals surface area (Å²) in [6.07, 6.45) is 8.73. The molecule has 0 radical (unpaired) electrons. The lowest BCUT2D eigenvalue weighted by atomic mass is 9.98. The van der Waals surface area contributed by atoms with Gasteiger partial charge in [0.25, 0.3) is 0 Å². The third kappa shape index (κ3) is 8.47. The Labute approximate surface area is 146 Å². The molecule has 0 aromatic carbocycles.